The van der Waals surface area contributed by atoms with Crippen LogP contribution in [-0.2, 0) is 14.3 Å². The molecule has 4 N–H and O–H groups in total. The third-order valence-electron chi connectivity index (χ3n) is 8.86. The van der Waals surface area contributed by atoms with Gasteiger partial charge in [-0.05, 0) is 24.5 Å². The molecule has 19 nitrogen and oxygen atoms in total. The van der Waals surface area contributed by atoms with Crippen molar-refractivity contribution in [3.8, 4) is 11.8 Å². The summed E-state index contributed by atoms with van der Waals surface area (Å²) in [6, 6.07) is 5.77. The maximum atomic E-state index is 13.9. The number of ether oxygens (including phenoxy) is 2. The monoisotopic (exact) mass is 682 g/mol. The van der Waals surface area contributed by atoms with Gasteiger partial charge >= 0.3 is 12.0 Å². The van der Waals surface area contributed by atoms with Gasteiger partial charge in [0.05, 0.1) is 28.1 Å². The first-order valence-electron chi connectivity index (χ1n) is 15.1. The summed E-state index contributed by atoms with van der Waals surface area (Å²) in [6.07, 6.45) is -6.52. The van der Waals surface area contributed by atoms with E-state index in [1.807, 2.05) is 18.0 Å². The van der Waals surface area contributed by atoms with Crippen LogP contribution in [0.3, 0.4) is 0 Å². The van der Waals surface area contributed by atoms with Crippen molar-refractivity contribution in [2.45, 2.75) is 56.5 Å². The number of anilines is 2. The molecule has 0 saturated carbocycles. The number of non-ortho nitro benzene ring substituents is 1. The van der Waals surface area contributed by atoms with Crippen LogP contribution in [0.2, 0.25) is 0 Å². The van der Waals surface area contributed by atoms with E-state index in [0.29, 0.717) is 30.7 Å². The number of nitriles is 1. The molecule has 0 bridgehead atoms. The van der Waals surface area contributed by atoms with Crippen LogP contribution in [0.1, 0.15) is 19.8 Å². The predicted molar refractivity (Wildman–Crippen MR) is 168 cm³/mol. The number of aliphatic hydroxyl groups is 3. The standard InChI is InChI=1S/C30H34N8O11/c1-15-7-10-36(21(39)6-9-31)13-19(15)34(2)26-17-8-11-37(27(17)33-14-32-26)30(45)35(3)18-12-16(38(46)47)4-5-20(18)48-29-24(42)22(40)23(41)25(49-29)28(43)44/h4-5,8,11-12,14-15,19,22-25,29,40-42H,6-7,10,13H2,1-3H3,(H,43,44)/t15-,19+,22+,23+,24-,25+,29-/m1/s1. The molecule has 0 radical (unpaired) electrons. The lowest BCUT2D eigenvalue weighted by atomic mass is 9.92. The van der Waals surface area contributed by atoms with Crippen molar-refractivity contribution in [3.05, 3.63) is 46.9 Å². The minimum Gasteiger partial charge on any atom is -0.479 e. The van der Waals surface area contributed by atoms with Crippen molar-refractivity contribution < 1.29 is 49.2 Å². The maximum Gasteiger partial charge on any atom is 0.335 e. The topological polar surface area (TPSA) is 258 Å². The summed E-state index contributed by atoms with van der Waals surface area (Å²) in [6.45, 7) is 2.94. The number of likely N-dealkylation sites (N-methyl/N-ethyl adjacent to an activating group) is 1. The number of nitrogens with zero attached hydrogens (tertiary/aromatic N) is 8. The van der Waals surface area contributed by atoms with E-state index in [2.05, 4.69) is 16.9 Å². The van der Waals surface area contributed by atoms with Crippen LogP contribution in [-0.4, -0.2) is 127 Å². The van der Waals surface area contributed by atoms with Crippen molar-refractivity contribution >= 4 is 46.1 Å². The maximum absolute atomic E-state index is 13.9. The number of carbonyl (C=O) groups is 3. The van der Waals surface area contributed by atoms with Crippen LogP contribution < -0.4 is 14.5 Å². The zero-order valence-electron chi connectivity index (χ0n) is 26.6. The zero-order chi connectivity index (χ0) is 35.7. The first-order chi connectivity index (χ1) is 23.2. The number of aliphatic hydroxyl groups excluding tert-OH is 3. The highest BCUT2D eigenvalue weighted by molar-refractivity contribution is 6.02. The van der Waals surface area contributed by atoms with E-state index in [1.165, 1.54) is 24.1 Å². The van der Waals surface area contributed by atoms with Gasteiger partial charge in [-0.15, -0.1) is 0 Å². The predicted octanol–water partition coefficient (Wildman–Crippen LogP) is 0.302. The first kappa shape index (κ1) is 34.9. The second-order valence-electron chi connectivity index (χ2n) is 11.8. The van der Waals surface area contributed by atoms with Gasteiger partial charge in [-0.3, -0.25) is 24.4 Å². The van der Waals surface area contributed by atoms with Crippen molar-refractivity contribution in [1.29, 1.82) is 5.26 Å². The number of nitro benzene ring substituents is 1. The number of fused-ring (bicyclic) bond motifs is 1. The Kier molecular flexibility index (Phi) is 9.95. The summed E-state index contributed by atoms with van der Waals surface area (Å²) in [4.78, 5) is 62.2. The molecule has 2 amide bonds. The molecule has 19 heteroatoms. The van der Waals surface area contributed by atoms with Crippen LogP contribution in [0.5, 0.6) is 5.75 Å². The van der Waals surface area contributed by atoms with Crippen LogP contribution in [0.15, 0.2) is 36.8 Å². The van der Waals surface area contributed by atoms with E-state index in [0.717, 1.165) is 23.1 Å². The van der Waals surface area contributed by atoms with Crippen LogP contribution in [0.25, 0.3) is 11.0 Å². The van der Waals surface area contributed by atoms with Gasteiger partial charge in [0.2, 0.25) is 12.2 Å². The van der Waals surface area contributed by atoms with Crippen molar-refractivity contribution in [2.24, 2.45) is 5.92 Å². The number of aromatic nitrogens is 3. The number of carboxylic acids is 1. The summed E-state index contributed by atoms with van der Waals surface area (Å²) in [5, 5.41) is 61.2. The molecule has 4 heterocycles. The Morgan fingerprint density at radius 3 is 2.57 bits per heavy atom. The highest BCUT2D eigenvalue weighted by Crippen LogP contribution is 2.36. The molecule has 0 aliphatic carbocycles. The quantitative estimate of drug-likeness (QED) is 0.184. The van der Waals surface area contributed by atoms with Gasteiger partial charge in [0.1, 0.15) is 42.6 Å². The van der Waals surface area contributed by atoms with Gasteiger partial charge in [0, 0.05) is 45.5 Å². The number of carboxylic acid groups (broad SMARTS) is 1. The number of benzene rings is 1. The van der Waals surface area contributed by atoms with Crippen molar-refractivity contribution in [2.75, 3.05) is 37.0 Å². The largest absolute Gasteiger partial charge is 0.479 e. The average molecular weight is 683 g/mol. The molecule has 0 unspecified atom stereocenters. The lowest BCUT2D eigenvalue weighted by Crippen LogP contribution is -2.61. The molecule has 2 aliphatic rings. The van der Waals surface area contributed by atoms with E-state index in [1.54, 1.807) is 11.0 Å². The molecule has 0 spiro atoms. The molecule has 2 aromatic heterocycles. The number of hydrogen-bond donors (Lipinski definition) is 4. The van der Waals surface area contributed by atoms with E-state index in [4.69, 9.17) is 14.7 Å². The van der Waals surface area contributed by atoms with Crippen LogP contribution in [0.4, 0.5) is 22.0 Å². The van der Waals surface area contributed by atoms with E-state index < -0.39 is 53.3 Å². The number of amides is 2. The van der Waals surface area contributed by atoms with Gasteiger partial charge in [0.15, 0.2) is 11.8 Å². The van der Waals surface area contributed by atoms with Gasteiger partial charge in [-0.1, -0.05) is 6.92 Å². The molecule has 5 rings (SSSR count). The smallest absolute Gasteiger partial charge is 0.335 e. The molecule has 2 fully saturated rings. The Labute approximate surface area is 278 Å². The van der Waals surface area contributed by atoms with E-state index in [-0.39, 0.29) is 41.4 Å². The Balaban J connectivity index is 1.45. The second kappa shape index (κ2) is 14.0. The number of nitro groups is 1. The Morgan fingerprint density at radius 1 is 1.16 bits per heavy atom. The SMILES string of the molecule is C[C@@H]1CCN(C(=O)CC#N)C[C@@H]1N(C)c1ncnc2c1ccn2C(=O)N(C)c1cc([N+](=O)[O-])ccc1O[C@@H]1O[C@H](C(=O)O)[C@@H](O)[C@H](O)[C@H]1O. The summed E-state index contributed by atoms with van der Waals surface area (Å²) in [5.74, 6) is -1.53. The fourth-order valence-electron chi connectivity index (χ4n) is 6.01. The van der Waals surface area contributed by atoms with Gasteiger partial charge in [0.25, 0.3) is 5.69 Å². The summed E-state index contributed by atoms with van der Waals surface area (Å²) < 4.78 is 12.0. The summed E-state index contributed by atoms with van der Waals surface area (Å²) in [5.41, 5.74) is -0.428. The minimum atomic E-state index is -1.98. The lowest BCUT2D eigenvalue weighted by Gasteiger charge is -2.42. The zero-order valence-corrected chi connectivity index (χ0v) is 26.6. The van der Waals surface area contributed by atoms with Gasteiger partial charge in [-0.2, -0.15) is 5.26 Å². The second-order valence-corrected chi connectivity index (χ2v) is 11.8. The first-order valence-corrected chi connectivity index (χ1v) is 15.1. The number of likely N-dealkylation sites (tertiary alicyclic amines) is 1. The van der Waals surface area contributed by atoms with Crippen molar-refractivity contribution in [1.82, 2.24) is 19.4 Å². The molecule has 260 valence electrons. The van der Waals surface area contributed by atoms with Crippen LogP contribution >= 0.6 is 0 Å². The summed E-state index contributed by atoms with van der Waals surface area (Å²) in [7, 11) is 3.10. The number of hydrogen-bond acceptors (Lipinski definition) is 14. The number of aliphatic carboxylic acids is 1. The fourth-order valence-corrected chi connectivity index (χ4v) is 6.01. The molecular formula is C30H34N8O11. The van der Waals surface area contributed by atoms with Crippen molar-refractivity contribution in [3.63, 3.8) is 0 Å². The number of carbonyl (C=O) groups excluding carboxylic acids is 2. The molecule has 2 saturated heterocycles. The van der Waals surface area contributed by atoms with Gasteiger partial charge in [-0.25, -0.2) is 19.6 Å². The Bertz CT molecular complexity index is 1810. The average Bonchev–Trinajstić information content (AvgIpc) is 3.52. The molecule has 7 atom stereocenters. The molecule has 1 aromatic carbocycles. The normalized spacial score (nSPS) is 25.3. The highest BCUT2D eigenvalue weighted by Gasteiger charge is 2.48. The van der Waals surface area contributed by atoms with E-state index >= 15 is 0 Å². The highest BCUT2D eigenvalue weighted by atomic mass is 16.7. The Morgan fingerprint density at radius 2 is 1.90 bits per heavy atom. The lowest BCUT2D eigenvalue weighted by molar-refractivity contribution is -0.384. The van der Waals surface area contributed by atoms with E-state index in [9.17, 15) is 44.9 Å². The minimum absolute atomic E-state index is 0.158. The third kappa shape index (κ3) is 6.66. The number of rotatable bonds is 8. The number of piperidine rings is 1. The third-order valence-corrected chi connectivity index (χ3v) is 8.86. The summed E-state index contributed by atoms with van der Waals surface area (Å²) >= 11 is 0. The molecule has 3 aromatic rings. The van der Waals surface area contributed by atoms with Crippen LogP contribution in [0, 0.1) is 27.4 Å². The fraction of sp³-hybridized carbons (Fsp3) is 0.467. The van der Waals surface area contributed by atoms with Gasteiger partial charge < -0.3 is 39.7 Å². The molecular weight excluding hydrogens is 648 g/mol. The molecule has 49 heavy (non-hydrogen) atoms. The Hall–Kier alpha value is -5.42. The molecule has 2 aliphatic heterocycles.